The summed E-state index contributed by atoms with van der Waals surface area (Å²) >= 11 is 0. The van der Waals surface area contributed by atoms with Crippen LogP contribution in [0.25, 0.3) is 0 Å². The molecule has 0 bridgehead atoms. The fourth-order valence-corrected chi connectivity index (χ4v) is 0.725. The topological polar surface area (TPSA) is 78.5 Å². The van der Waals surface area contributed by atoms with Gasteiger partial charge < -0.3 is 0 Å². The first-order valence-corrected chi connectivity index (χ1v) is 3.12. The molecule has 0 saturated heterocycles. The summed E-state index contributed by atoms with van der Waals surface area (Å²) in [6, 6.07) is -0.363. The Balaban J connectivity index is 2.34. The van der Waals surface area contributed by atoms with Crippen molar-refractivity contribution < 1.29 is 4.79 Å². The highest BCUT2D eigenvalue weighted by Gasteiger charge is 2.06. The standard InChI is InChI=1S/C5H4N6O/c12-5(10-3-7-8-4-10)11-2-6-1-9-11/h1-4H. The number of carbonyl (C=O) groups excluding carboxylic acids is 1. The summed E-state index contributed by atoms with van der Waals surface area (Å²) in [5.41, 5.74) is 0. The van der Waals surface area contributed by atoms with Gasteiger partial charge in [-0.25, -0.2) is 14.3 Å². The van der Waals surface area contributed by atoms with Gasteiger partial charge in [0.2, 0.25) is 0 Å². The van der Waals surface area contributed by atoms with Gasteiger partial charge in [-0.2, -0.15) is 9.78 Å². The van der Waals surface area contributed by atoms with Gasteiger partial charge in [-0.15, -0.1) is 10.2 Å². The Labute approximate surface area is 66.7 Å². The fourth-order valence-electron chi connectivity index (χ4n) is 0.725. The van der Waals surface area contributed by atoms with E-state index in [-0.39, 0.29) is 6.03 Å². The molecule has 0 fully saturated rings. The SMILES string of the molecule is O=C(n1cnnc1)n1cncn1. The summed E-state index contributed by atoms with van der Waals surface area (Å²) in [5, 5.41) is 10.6. The minimum Gasteiger partial charge on any atom is -0.245 e. The second-order valence-electron chi connectivity index (χ2n) is 1.99. The zero-order chi connectivity index (χ0) is 8.39. The van der Waals surface area contributed by atoms with Crippen molar-refractivity contribution in [1.82, 2.24) is 29.5 Å². The van der Waals surface area contributed by atoms with E-state index in [2.05, 4.69) is 20.3 Å². The molecule has 0 saturated carbocycles. The molecule has 2 rings (SSSR count). The van der Waals surface area contributed by atoms with Gasteiger partial charge in [-0.05, 0) is 0 Å². The van der Waals surface area contributed by atoms with Crippen molar-refractivity contribution in [3.63, 3.8) is 0 Å². The highest BCUT2D eigenvalue weighted by atomic mass is 16.2. The quantitative estimate of drug-likeness (QED) is 0.518. The molecule has 0 amide bonds. The number of nitrogens with zero attached hydrogens (tertiary/aromatic N) is 6. The number of hydrogen-bond donors (Lipinski definition) is 0. The molecule has 0 aromatic carbocycles. The van der Waals surface area contributed by atoms with E-state index in [1.165, 1.54) is 29.9 Å². The molecule has 0 radical (unpaired) electrons. The third-order valence-corrected chi connectivity index (χ3v) is 1.25. The van der Waals surface area contributed by atoms with Crippen molar-refractivity contribution in [2.75, 3.05) is 0 Å². The normalized spacial score (nSPS) is 10.0. The van der Waals surface area contributed by atoms with Crippen LogP contribution >= 0.6 is 0 Å². The molecule has 2 aromatic rings. The van der Waals surface area contributed by atoms with Crippen molar-refractivity contribution in [2.45, 2.75) is 0 Å². The van der Waals surface area contributed by atoms with Crippen LogP contribution in [-0.2, 0) is 0 Å². The average molecular weight is 164 g/mol. The zero-order valence-electron chi connectivity index (χ0n) is 5.90. The first-order valence-electron chi connectivity index (χ1n) is 3.12. The Morgan fingerprint density at radius 3 is 2.50 bits per heavy atom. The van der Waals surface area contributed by atoms with Gasteiger partial charge in [0.1, 0.15) is 25.3 Å². The smallest absolute Gasteiger partial charge is 0.245 e. The van der Waals surface area contributed by atoms with Gasteiger partial charge in [-0.1, -0.05) is 0 Å². The molecule has 0 spiro atoms. The van der Waals surface area contributed by atoms with Crippen LogP contribution in [0.1, 0.15) is 0 Å². The van der Waals surface area contributed by atoms with Gasteiger partial charge in [0.25, 0.3) is 0 Å². The maximum Gasteiger partial charge on any atom is 0.356 e. The van der Waals surface area contributed by atoms with E-state index >= 15 is 0 Å². The fraction of sp³-hybridized carbons (Fsp3) is 0. The van der Waals surface area contributed by atoms with Crippen LogP contribution in [0, 0.1) is 0 Å². The molecule has 0 aliphatic rings. The van der Waals surface area contributed by atoms with Crippen LogP contribution in [0.5, 0.6) is 0 Å². The molecule has 7 nitrogen and oxygen atoms in total. The zero-order valence-corrected chi connectivity index (χ0v) is 5.90. The van der Waals surface area contributed by atoms with Crippen LogP contribution < -0.4 is 0 Å². The maximum atomic E-state index is 11.3. The third-order valence-electron chi connectivity index (χ3n) is 1.25. The number of aromatic nitrogens is 6. The lowest BCUT2D eigenvalue weighted by molar-refractivity contribution is 0.241. The van der Waals surface area contributed by atoms with Crippen LogP contribution in [0.3, 0.4) is 0 Å². The van der Waals surface area contributed by atoms with E-state index in [9.17, 15) is 4.79 Å². The van der Waals surface area contributed by atoms with Crippen molar-refractivity contribution in [3.05, 3.63) is 25.3 Å². The summed E-state index contributed by atoms with van der Waals surface area (Å²) in [6.07, 6.45) is 5.18. The van der Waals surface area contributed by atoms with Crippen molar-refractivity contribution in [1.29, 1.82) is 0 Å². The molecular weight excluding hydrogens is 160 g/mol. The van der Waals surface area contributed by atoms with E-state index in [4.69, 9.17) is 0 Å². The minimum absolute atomic E-state index is 0.363. The van der Waals surface area contributed by atoms with Crippen LogP contribution in [0.2, 0.25) is 0 Å². The lowest BCUT2D eigenvalue weighted by atomic mass is 10.9. The second-order valence-corrected chi connectivity index (χ2v) is 1.99. The monoisotopic (exact) mass is 164 g/mol. The Morgan fingerprint density at radius 2 is 1.92 bits per heavy atom. The van der Waals surface area contributed by atoms with E-state index < -0.39 is 0 Å². The number of rotatable bonds is 0. The Hall–Kier alpha value is -2.05. The van der Waals surface area contributed by atoms with E-state index in [0.29, 0.717) is 0 Å². The highest BCUT2D eigenvalue weighted by Crippen LogP contribution is 1.87. The van der Waals surface area contributed by atoms with Gasteiger partial charge in [0.15, 0.2) is 0 Å². The van der Waals surface area contributed by atoms with Gasteiger partial charge in [0.05, 0.1) is 0 Å². The third kappa shape index (κ3) is 0.965. The van der Waals surface area contributed by atoms with Gasteiger partial charge in [0, 0.05) is 0 Å². The second kappa shape index (κ2) is 2.53. The van der Waals surface area contributed by atoms with Gasteiger partial charge in [-0.3, -0.25) is 0 Å². The molecule has 60 valence electrons. The lowest BCUT2D eigenvalue weighted by Crippen LogP contribution is -2.18. The summed E-state index contributed by atoms with van der Waals surface area (Å²) in [5.74, 6) is 0. The van der Waals surface area contributed by atoms with E-state index in [1.807, 2.05) is 0 Å². The Morgan fingerprint density at radius 1 is 1.17 bits per heavy atom. The van der Waals surface area contributed by atoms with Crippen LogP contribution in [0.4, 0.5) is 4.79 Å². The number of carbonyl (C=O) groups is 1. The first kappa shape index (κ1) is 6.65. The maximum absolute atomic E-state index is 11.3. The molecule has 7 heteroatoms. The molecule has 0 unspecified atom stereocenters. The molecule has 2 heterocycles. The average Bonchev–Trinajstić information content (AvgIpc) is 2.77. The molecule has 2 aromatic heterocycles. The molecule has 0 N–H and O–H groups in total. The van der Waals surface area contributed by atoms with Crippen molar-refractivity contribution in [2.24, 2.45) is 0 Å². The van der Waals surface area contributed by atoms with Gasteiger partial charge >= 0.3 is 6.03 Å². The minimum atomic E-state index is -0.363. The van der Waals surface area contributed by atoms with Crippen molar-refractivity contribution >= 4 is 6.03 Å². The van der Waals surface area contributed by atoms with Crippen LogP contribution in [0.15, 0.2) is 25.3 Å². The molecule has 0 aliphatic heterocycles. The molecular formula is C5H4N6O. The summed E-state index contributed by atoms with van der Waals surface area (Å²) in [6.45, 7) is 0. The van der Waals surface area contributed by atoms with E-state index in [0.717, 1.165) is 4.68 Å². The molecule has 12 heavy (non-hydrogen) atoms. The predicted octanol–water partition coefficient (Wildman–Crippen LogP) is -0.614. The Kier molecular flexibility index (Phi) is 1.40. The largest absolute Gasteiger partial charge is 0.356 e. The Bertz CT molecular complexity index is 326. The molecule has 0 aliphatic carbocycles. The molecule has 0 atom stereocenters. The highest BCUT2D eigenvalue weighted by molar-refractivity contribution is 5.77. The first-order chi connectivity index (χ1) is 5.88. The lowest BCUT2D eigenvalue weighted by Gasteiger charge is -1.95. The summed E-state index contributed by atoms with van der Waals surface area (Å²) in [4.78, 5) is 14.9. The van der Waals surface area contributed by atoms with E-state index in [1.54, 1.807) is 0 Å². The van der Waals surface area contributed by atoms with Crippen molar-refractivity contribution in [3.8, 4) is 0 Å². The predicted molar refractivity (Wildman–Crippen MR) is 36.2 cm³/mol. The number of hydrogen-bond acceptors (Lipinski definition) is 5. The van der Waals surface area contributed by atoms with Crippen LogP contribution in [-0.4, -0.2) is 35.6 Å². The summed E-state index contributed by atoms with van der Waals surface area (Å²) in [7, 11) is 0. The summed E-state index contributed by atoms with van der Waals surface area (Å²) < 4.78 is 2.29.